The molecule has 2 aromatic heterocycles. The summed E-state index contributed by atoms with van der Waals surface area (Å²) < 4.78 is 16.6. The van der Waals surface area contributed by atoms with Gasteiger partial charge in [0.15, 0.2) is 0 Å². The molecule has 0 bridgehead atoms. The summed E-state index contributed by atoms with van der Waals surface area (Å²) in [5.41, 5.74) is 3.68. The van der Waals surface area contributed by atoms with Gasteiger partial charge < -0.3 is 9.47 Å². The minimum absolute atomic E-state index is 0.0696. The number of halogens is 1. The standard InChI is InChI=1S/C24H29FN6/c1-17-5-6-21(20(25)11-17)30-9-7-29(8-10-30)15-19-12-18-14-27-22(13-26)28-23(18)31(19)16-24(2,3)4/h5-6,11-12,14H,7-10,15-16H2,1-4H3. The quantitative estimate of drug-likeness (QED) is 0.635. The Morgan fingerprint density at radius 3 is 2.52 bits per heavy atom. The molecule has 0 unspecified atom stereocenters. The van der Waals surface area contributed by atoms with Gasteiger partial charge in [0, 0.05) is 56.5 Å². The number of rotatable bonds is 4. The van der Waals surface area contributed by atoms with Gasteiger partial charge in [-0.1, -0.05) is 26.8 Å². The van der Waals surface area contributed by atoms with E-state index in [9.17, 15) is 9.65 Å². The van der Waals surface area contributed by atoms with Crippen LogP contribution in [0.25, 0.3) is 11.0 Å². The monoisotopic (exact) mass is 420 g/mol. The normalized spacial score (nSPS) is 15.4. The third-order valence-electron chi connectivity index (χ3n) is 5.65. The summed E-state index contributed by atoms with van der Waals surface area (Å²) in [6.45, 7) is 13.4. The second-order valence-electron chi connectivity index (χ2n) is 9.58. The summed E-state index contributed by atoms with van der Waals surface area (Å²) in [5, 5.41) is 10.2. The molecule has 1 aliphatic rings. The average molecular weight is 421 g/mol. The third-order valence-corrected chi connectivity index (χ3v) is 5.65. The summed E-state index contributed by atoms with van der Waals surface area (Å²) in [6, 6.07) is 9.63. The van der Waals surface area contributed by atoms with Crippen molar-refractivity contribution in [3.05, 3.63) is 53.4 Å². The fourth-order valence-corrected chi connectivity index (χ4v) is 4.17. The van der Waals surface area contributed by atoms with Gasteiger partial charge >= 0.3 is 0 Å². The zero-order valence-corrected chi connectivity index (χ0v) is 18.7. The lowest BCUT2D eigenvalue weighted by molar-refractivity contribution is 0.239. The van der Waals surface area contributed by atoms with Crippen molar-refractivity contribution in [2.24, 2.45) is 5.41 Å². The number of fused-ring (bicyclic) bond motifs is 1. The lowest BCUT2D eigenvalue weighted by Crippen LogP contribution is -2.46. The molecule has 31 heavy (non-hydrogen) atoms. The first kappa shape index (κ1) is 21.3. The SMILES string of the molecule is Cc1ccc(N2CCN(Cc3cc4cnc(C#N)nc4n3CC(C)(C)C)CC2)c(F)c1. The molecule has 7 heteroatoms. The Kier molecular flexibility index (Phi) is 5.67. The van der Waals surface area contributed by atoms with Crippen molar-refractivity contribution in [3.63, 3.8) is 0 Å². The number of hydrogen-bond donors (Lipinski definition) is 0. The van der Waals surface area contributed by atoms with Crippen LogP contribution in [0.5, 0.6) is 0 Å². The molecule has 3 heterocycles. The number of benzene rings is 1. The Morgan fingerprint density at radius 2 is 1.87 bits per heavy atom. The van der Waals surface area contributed by atoms with Gasteiger partial charge in [0.2, 0.25) is 5.82 Å². The van der Waals surface area contributed by atoms with Crippen molar-refractivity contribution in [1.29, 1.82) is 5.26 Å². The molecule has 1 aliphatic heterocycles. The number of aromatic nitrogens is 3. The fourth-order valence-electron chi connectivity index (χ4n) is 4.17. The van der Waals surface area contributed by atoms with Gasteiger partial charge in [-0.05, 0) is 36.1 Å². The van der Waals surface area contributed by atoms with E-state index in [1.165, 1.54) is 5.69 Å². The smallest absolute Gasteiger partial charge is 0.234 e. The summed E-state index contributed by atoms with van der Waals surface area (Å²) in [6.07, 6.45) is 1.74. The van der Waals surface area contributed by atoms with Crippen molar-refractivity contribution >= 4 is 16.7 Å². The molecule has 162 valence electrons. The van der Waals surface area contributed by atoms with Crippen LogP contribution < -0.4 is 4.90 Å². The summed E-state index contributed by atoms with van der Waals surface area (Å²) in [4.78, 5) is 13.1. The van der Waals surface area contributed by atoms with Gasteiger partial charge in [0.05, 0.1) is 5.69 Å². The molecule has 4 rings (SSSR count). The summed E-state index contributed by atoms with van der Waals surface area (Å²) in [7, 11) is 0. The Labute approximate surface area is 182 Å². The van der Waals surface area contributed by atoms with Crippen molar-refractivity contribution in [2.45, 2.75) is 40.8 Å². The molecule has 1 aromatic carbocycles. The van der Waals surface area contributed by atoms with E-state index in [-0.39, 0.29) is 17.1 Å². The molecule has 0 amide bonds. The predicted octanol–water partition coefficient (Wildman–Crippen LogP) is 4.12. The molecule has 6 nitrogen and oxygen atoms in total. The van der Waals surface area contributed by atoms with E-state index < -0.39 is 0 Å². The Morgan fingerprint density at radius 1 is 1.13 bits per heavy atom. The van der Waals surface area contributed by atoms with Crippen molar-refractivity contribution in [3.8, 4) is 6.07 Å². The van der Waals surface area contributed by atoms with Crippen LogP contribution in [-0.4, -0.2) is 45.6 Å². The molecule has 0 radical (unpaired) electrons. The van der Waals surface area contributed by atoms with Crippen molar-refractivity contribution in [2.75, 3.05) is 31.1 Å². The van der Waals surface area contributed by atoms with Gasteiger partial charge in [0.25, 0.3) is 0 Å². The van der Waals surface area contributed by atoms with Crippen LogP contribution in [-0.2, 0) is 13.1 Å². The average Bonchev–Trinajstić information content (AvgIpc) is 3.03. The van der Waals surface area contributed by atoms with Crippen LogP contribution in [0.2, 0.25) is 0 Å². The van der Waals surface area contributed by atoms with Crippen molar-refractivity contribution < 1.29 is 4.39 Å². The van der Waals surface area contributed by atoms with E-state index in [2.05, 4.69) is 51.2 Å². The topological polar surface area (TPSA) is 61.0 Å². The highest BCUT2D eigenvalue weighted by molar-refractivity contribution is 5.77. The number of piperazine rings is 1. The van der Waals surface area contributed by atoms with Crippen LogP contribution in [0, 0.1) is 29.5 Å². The number of nitrogens with zero attached hydrogens (tertiary/aromatic N) is 6. The molecule has 0 atom stereocenters. The van der Waals surface area contributed by atoms with Gasteiger partial charge in [0.1, 0.15) is 17.5 Å². The molecule has 3 aromatic rings. The molecule has 0 saturated carbocycles. The second-order valence-corrected chi connectivity index (χ2v) is 9.58. The van der Waals surface area contributed by atoms with E-state index >= 15 is 0 Å². The van der Waals surface area contributed by atoms with Gasteiger partial charge in [-0.3, -0.25) is 4.90 Å². The zero-order valence-electron chi connectivity index (χ0n) is 18.7. The maximum Gasteiger partial charge on any atom is 0.234 e. The Bertz CT molecular complexity index is 1130. The second kappa shape index (κ2) is 8.27. The van der Waals surface area contributed by atoms with Crippen LogP contribution in [0.15, 0.2) is 30.5 Å². The van der Waals surface area contributed by atoms with Crippen molar-refractivity contribution in [1.82, 2.24) is 19.4 Å². The first-order chi connectivity index (χ1) is 14.7. The molecule has 1 saturated heterocycles. The first-order valence-electron chi connectivity index (χ1n) is 10.7. The van der Waals surface area contributed by atoms with Gasteiger partial charge in [-0.25, -0.2) is 14.4 Å². The highest BCUT2D eigenvalue weighted by atomic mass is 19.1. The fraction of sp³-hybridized carbons (Fsp3) is 0.458. The molecule has 0 aliphatic carbocycles. The van der Waals surface area contributed by atoms with E-state index in [0.717, 1.165) is 55.9 Å². The minimum Gasteiger partial charge on any atom is -0.367 e. The van der Waals surface area contributed by atoms with E-state index in [0.29, 0.717) is 5.69 Å². The maximum atomic E-state index is 14.4. The largest absolute Gasteiger partial charge is 0.367 e. The maximum absolute atomic E-state index is 14.4. The molecule has 1 fully saturated rings. The number of hydrogen-bond acceptors (Lipinski definition) is 5. The highest BCUT2D eigenvalue weighted by Gasteiger charge is 2.23. The van der Waals surface area contributed by atoms with Gasteiger partial charge in [-0.15, -0.1) is 0 Å². The molecular formula is C24H29FN6. The minimum atomic E-state index is -0.148. The molecule has 0 spiro atoms. The lowest BCUT2D eigenvalue weighted by atomic mass is 9.97. The van der Waals surface area contributed by atoms with Crippen LogP contribution in [0.1, 0.15) is 37.9 Å². The zero-order chi connectivity index (χ0) is 22.2. The summed E-state index contributed by atoms with van der Waals surface area (Å²) in [5.74, 6) is 0.0478. The molecule has 0 N–H and O–H groups in total. The number of aryl methyl sites for hydroxylation is 1. The Hall–Kier alpha value is -2.98. The van der Waals surface area contributed by atoms with Crippen LogP contribution in [0.4, 0.5) is 10.1 Å². The number of nitriles is 1. The van der Waals surface area contributed by atoms with Gasteiger partial charge in [-0.2, -0.15) is 5.26 Å². The van der Waals surface area contributed by atoms with E-state index in [4.69, 9.17) is 0 Å². The lowest BCUT2D eigenvalue weighted by Gasteiger charge is -2.36. The van der Waals surface area contributed by atoms with Crippen LogP contribution >= 0.6 is 0 Å². The van der Waals surface area contributed by atoms with Crippen LogP contribution in [0.3, 0.4) is 0 Å². The first-order valence-corrected chi connectivity index (χ1v) is 10.7. The summed E-state index contributed by atoms with van der Waals surface area (Å²) >= 11 is 0. The Balaban J connectivity index is 1.53. The van der Waals surface area contributed by atoms with E-state index in [1.807, 2.05) is 25.1 Å². The number of anilines is 1. The van der Waals surface area contributed by atoms with E-state index in [1.54, 1.807) is 12.3 Å². The predicted molar refractivity (Wildman–Crippen MR) is 120 cm³/mol. The third kappa shape index (κ3) is 4.70. The highest BCUT2D eigenvalue weighted by Crippen LogP contribution is 2.26. The molecular weight excluding hydrogens is 391 g/mol.